The lowest BCUT2D eigenvalue weighted by Crippen LogP contribution is -2.50. The number of halogens is 2. The van der Waals surface area contributed by atoms with Crippen LogP contribution < -0.4 is 4.90 Å². The van der Waals surface area contributed by atoms with Crippen LogP contribution in [0.15, 0.2) is 48.5 Å². The summed E-state index contributed by atoms with van der Waals surface area (Å²) in [6.07, 6.45) is 3.88. The van der Waals surface area contributed by atoms with Gasteiger partial charge in [0.15, 0.2) is 0 Å². The number of nitro benzene ring substituents is 1. The lowest BCUT2D eigenvalue weighted by molar-refractivity contribution is -0.384. The standard InChI is InChI=1S/C19H17ClFN3O3/c20-15-5-3-14(4-6-15)2-1-9-22-10-11-23(19(25)13-22)18-12-16(21)7-8-17(18)24(26)27/h1-8,12H,9-11,13H2/b2-1+. The molecule has 0 atom stereocenters. The highest BCUT2D eigenvalue weighted by molar-refractivity contribution is 6.30. The molecule has 27 heavy (non-hydrogen) atoms. The first-order chi connectivity index (χ1) is 12.9. The fourth-order valence-corrected chi connectivity index (χ4v) is 3.04. The molecule has 1 aliphatic heterocycles. The normalized spacial score (nSPS) is 15.5. The largest absolute Gasteiger partial charge is 0.304 e. The Morgan fingerprint density at radius 2 is 1.93 bits per heavy atom. The molecule has 1 heterocycles. The fraction of sp³-hybridized carbons (Fsp3) is 0.211. The Labute approximate surface area is 160 Å². The van der Waals surface area contributed by atoms with E-state index in [1.807, 2.05) is 29.2 Å². The van der Waals surface area contributed by atoms with Gasteiger partial charge in [0.05, 0.1) is 11.5 Å². The molecule has 0 aromatic heterocycles. The third-order valence-electron chi connectivity index (χ3n) is 4.27. The molecule has 8 heteroatoms. The Kier molecular flexibility index (Phi) is 5.83. The molecule has 1 amide bonds. The maximum Gasteiger partial charge on any atom is 0.293 e. The Bertz CT molecular complexity index is 886. The van der Waals surface area contributed by atoms with Crippen molar-refractivity contribution in [1.82, 2.24) is 4.90 Å². The molecule has 3 rings (SSSR count). The maximum atomic E-state index is 13.5. The van der Waals surface area contributed by atoms with Gasteiger partial charge in [-0.15, -0.1) is 0 Å². The molecule has 1 saturated heterocycles. The van der Waals surface area contributed by atoms with Crippen LogP contribution in [0.4, 0.5) is 15.8 Å². The quantitative estimate of drug-likeness (QED) is 0.577. The third-order valence-corrected chi connectivity index (χ3v) is 4.52. The SMILES string of the molecule is O=C1CN(C/C=C/c2ccc(Cl)cc2)CCN1c1cc(F)ccc1[N+](=O)[O-]. The second kappa shape index (κ2) is 8.28. The molecule has 140 valence electrons. The van der Waals surface area contributed by atoms with Gasteiger partial charge in [-0.3, -0.25) is 19.8 Å². The van der Waals surface area contributed by atoms with Gasteiger partial charge >= 0.3 is 0 Å². The molecular formula is C19H17ClFN3O3. The molecule has 0 bridgehead atoms. The van der Waals surface area contributed by atoms with Crippen LogP contribution in [0.2, 0.25) is 5.02 Å². The number of rotatable bonds is 5. The van der Waals surface area contributed by atoms with E-state index in [1.165, 1.54) is 4.90 Å². The Balaban J connectivity index is 1.64. The second-order valence-electron chi connectivity index (χ2n) is 6.12. The maximum absolute atomic E-state index is 13.5. The molecule has 0 unspecified atom stereocenters. The number of piperazine rings is 1. The van der Waals surface area contributed by atoms with Gasteiger partial charge in [-0.1, -0.05) is 35.9 Å². The van der Waals surface area contributed by atoms with Crippen LogP contribution in [0.5, 0.6) is 0 Å². The van der Waals surface area contributed by atoms with E-state index in [-0.39, 0.29) is 30.4 Å². The summed E-state index contributed by atoms with van der Waals surface area (Å²) in [6.45, 7) is 1.47. The molecule has 1 aliphatic rings. The number of hydrogen-bond donors (Lipinski definition) is 0. The average Bonchev–Trinajstić information content (AvgIpc) is 2.63. The van der Waals surface area contributed by atoms with Gasteiger partial charge in [0.25, 0.3) is 5.69 Å². The van der Waals surface area contributed by atoms with Crippen LogP contribution in [0.3, 0.4) is 0 Å². The van der Waals surface area contributed by atoms with Crippen LogP contribution in [0.1, 0.15) is 5.56 Å². The zero-order chi connectivity index (χ0) is 19.4. The number of hydrogen-bond acceptors (Lipinski definition) is 4. The van der Waals surface area contributed by atoms with Gasteiger partial charge < -0.3 is 4.90 Å². The fourth-order valence-electron chi connectivity index (χ4n) is 2.91. The van der Waals surface area contributed by atoms with Crippen molar-refractivity contribution < 1.29 is 14.1 Å². The van der Waals surface area contributed by atoms with E-state index in [9.17, 15) is 19.3 Å². The van der Waals surface area contributed by atoms with Gasteiger partial charge in [0.2, 0.25) is 5.91 Å². The van der Waals surface area contributed by atoms with Crippen LogP contribution in [-0.2, 0) is 4.79 Å². The molecule has 0 aliphatic carbocycles. The average molecular weight is 390 g/mol. The van der Waals surface area contributed by atoms with E-state index in [0.29, 0.717) is 18.1 Å². The highest BCUT2D eigenvalue weighted by atomic mass is 35.5. The summed E-state index contributed by atoms with van der Waals surface area (Å²) in [5, 5.41) is 11.8. The minimum Gasteiger partial charge on any atom is -0.304 e. The van der Waals surface area contributed by atoms with Crippen molar-refractivity contribution in [1.29, 1.82) is 0 Å². The third kappa shape index (κ3) is 4.69. The number of nitro groups is 1. The summed E-state index contributed by atoms with van der Waals surface area (Å²) in [5.41, 5.74) is 0.724. The Hall–Kier alpha value is -2.77. The van der Waals surface area contributed by atoms with Crippen molar-refractivity contribution >= 4 is 35.0 Å². The van der Waals surface area contributed by atoms with E-state index >= 15 is 0 Å². The summed E-state index contributed by atoms with van der Waals surface area (Å²) in [6, 6.07) is 10.5. The first-order valence-corrected chi connectivity index (χ1v) is 8.70. The first-order valence-electron chi connectivity index (χ1n) is 8.33. The minimum atomic E-state index is -0.614. The molecule has 0 N–H and O–H groups in total. The van der Waals surface area contributed by atoms with E-state index in [0.717, 1.165) is 23.8 Å². The van der Waals surface area contributed by atoms with E-state index in [2.05, 4.69) is 0 Å². The summed E-state index contributed by atoms with van der Waals surface area (Å²) in [7, 11) is 0. The number of nitrogens with zero attached hydrogens (tertiary/aromatic N) is 3. The number of amides is 1. The van der Waals surface area contributed by atoms with Gasteiger partial charge in [0.1, 0.15) is 11.5 Å². The van der Waals surface area contributed by atoms with Crippen LogP contribution >= 0.6 is 11.6 Å². The zero-order valence-corrected chi connectivity index (χ0v) is 15.1. The topological polar surface area (TPSA) is 66.7 Å². The second-order valence-corrected chi connectivity index (χ2v) is 6.56. The van der Waals surface area contributed by atoms with Crippen molar-refractivity contribution in [2.45, 2.75) is 0 Å². The zero-order valence-electron chi connectivity index (χ0n) is 14.3. The molecule has 6 nitrogen and oxygen atoms in total. The summed E-state index contributed by atoms with van der Waals surface area (Å²) < 4.78 is 13.5. The van der Waals surface area contributed by atoms with E-state index in [1.54, 1.807) is 12.1 Å². The number of benzene rings is 2. The first kappa shape index (κ1) is 19.0. The molecular weight excluding hydrogens is 373 g/mol. The molecule has 0 saturated carbocycles. The Morgan fingerprint density at radius 3 is 2.59 bits per heavy atom. The number of anilines is 1. The Morgan fingerprint density at radius 1 is 1.19 bits per heavy atom. The van der Waals surface area contributed by atoms with Gasteiger partial charge in [0, 0.05) is 36.8 Å². The van der Waals surface area contributed by atoms with Crippen LogP contribution in [-0.4, -0.2) is 41.9 Å². The van der Waals surface area contributed by atoms with Crippen molar-refractivity contribution in [2.75, 3.05) is 31.1 Å². The molecule has 0 spiro atoms. The van der Waals surface area contributed by atoms with Crippen LogP contribution in [0.25, 0.3) is 6.08 Å². The number of carbonyl (C=O) groups is 1. The smallest absolute Gasteiger partial charge is 0.293 e. The molecule has 1 fully saturated rings. The lowest BCUT2D eigenvalue weighted by atomic mass is 10.2. The predicted octanol–water partition coefficient (Wildman–Crippen LogP) is 3.75. The van der Waals surface area contributed by atoms with Crippen molar-refractivity contribution in [2.24, 2.45) is 0 Å². The van der Waals surface area contributed by atoms with E-state index in [4.69, 9.17) is 11.6 Å². The monoisotopic (exact) mass is 389 g/mol. The molecule has 0 radical (unpaired) electrons. The number of carbonyl (C=O) groups excluding carboxylic acids is 1. The van der Waals surface area contributed by atoms with Crippen LogP contribution in [0, 0.1) is 15.9 Å². The lowest BCUT2D eigenvalue weighted by Gasteiger charge is -2.33. The van der Waals surface area contributed by atoms with Crippen molar-refractivity contribution in [3.63, 3.8) is 0 Å². The van der Waals surface area contributed by atoms with Gasteiger partial charge in [-0.2, -0.15) is 0 Å². The summed E-state index contributed by atoms with van der Waals surface area (Å²) in [4.78, 5) is 26.2. The van der Waals surface area contributed by atoms with Gasteiger partial charge in [-0.05, 0) is 23.8 Å². The molecule has 2 aromatic carbocycles. The highest BCUT2D eigenvalue weighted by Gasteiger charge is 2.29. The van der Waals surface area contributed by atoms with Crippen molar-refractivity contribution in [3.05, 3.63) is 75.1 Å². The predicted molar refractivity (Wildman–Crippen MR) is 102 cm³/mol. The molecule has 2 aromatic rings. The summed E-state index contributed by atoms with van der Waals surface area (Å²) >= 11 is 5.85. The summed E-state index contributed by atoms with van der Waals surface area (Å²) in [5.74, 6) is -0.911. The highest BCUT2D eigenvalue weighted by Crippen LogP contribution is 2.30. The van der Waals surface area contributed by atoms with Crippen molar-refractivity contribution in [3.8, 4) is 0 Å². The van der Waals surface area contributed by atoms with E-state index < -0.39 is 10.7 Å². The minimum absolute atomic E-state index is 0.00126. The van der Waals surface area contributed by atoms with Gasteiger partial charge in [-0.25, -0.2) is 4.39 Å².